The number of fused-ring (bicyclic) bond motifs is 1. The van der Waals surface area contributed by atoms with Crippen molar-refractivity contribution >= 4 is 45.9 Å². The lowest BCUT2D eigenvalue weighted by molar-refractivity contribution is 0.102. The molecule has 1 amide bonds. The van der Waals surface area contributed by atoms with Crippen molar-refractivity contribution in [1.29, 1.82) is 0 Å². The highest BCUT2D eigenvalue weighted by Crippen LogP contribution is 2.32. The molecule has 0 saturated heterocycles. The maximum absolute atomic E-state index is 12.6. The second-order valence-corrected chi connectivity index (χ2v) is 7.51. The molecule has 5 nitrogen and oxygen atoms in total. The van der Waals surface area contributed by atoms with Crippen LogP contribution in [0.3, 0.4) is 0 Å². The number of oxazole rings is 1. The number of hydrogen-bond donors (Lipinski definition) is 1. The van der Waals surface area contributed by atoms with Crippen LogP contribution in [-0.4, -0.2) is 17.5 Å². The molecule has 0 fully saturated rings. The molecule has 1 aromatic heterocycles. The van der Waals surface area contributed by atoms with E-state index in [9.17, 15) is 4.79 Å². The maximum Gasteiger partial charge on any atom is 0.255 e. The van der Waals surface area contributed by atoms with Crippen molar-refractivity contribution in [2.75, 3.05) is 11.9 Å². The zero-order valence-corrected chi connectivity index (χ0v) is 17.6. The number of nitrogens with zero attached hydrogens (tertiary/aromatic N) is 1. The van der Waals surface area contributed by atoms with Crippen molar-refractivity contribution in [2.45, 2.75) is 13.3 Å². The third kappa shape index (κ3) is 4.42. The first-order valence-electron chi connectivity index (χ1n) is 9.43. The molecule has 0 aliphatic heterocycles. The number of benzene rings is 3. The summed E-state index contributed by atoms with van der Waals surface area (Å²) in [4.78, 5) is 17.0. The van der Waals surface area contributed by atoms with Gasteiger partial charge in [-0.15, -0.1) is 0 Å². The van der Waals surface area contributed by atoms with Crippen LogP contribution in [0.15, 0.2) is 65.1 Å². The van der Waals surface area contributed by atoms with E-state index in [0.29, 0.717) is 50.5 Å². The molecule has 4 rings (SSSR count). The number of carbonyl (C=O) groups is 1. The molecule has 3 aromatic carbocycles. The van der Waals surface area contributed by atoms with Crippen LogP contribution in [-0.2, 0) is 0 Å². The van der Waals surface area contributed by atoms with E-state index >= 15 is 0 Å². The van der Waals surface area contributed by atoms with Crippen molar-refractivity contribution in [1.82, 2.24) is 4.98 Å². The summed E-state index contributed by atoms with van der Waals surface area (Å²) in [6.07, 6.45) is 0.928. The minimum atomic E-state index is -0.221. The van der Waals surface area contributed by atoms with Gasteiger partial charge in [0.15, 0.2) is 5.58 Å². The molecule has 1 heterocycles. The van der Waals surface area contributed by atoms with Crippen LogP contribution in [0.25, 0.3) is 22.6 Å². The van der Waals surface area contributed by atoms with Gasteiger partial charge in [-0.2, -0.15) is 0 Å². The smallest absolute Gasteiger partial charge is 0.255 e. The third-order valence-electron chi connectivity index (χ3n) is 4.37. The van der Waals surface area contributed by atoms with Crippen molar-refractivity contribution in [3.05, 3.63) is 76.3 Å². The van der Waals surface area contributed by atoms with Crippen LogP contribution in [0.2, 0.25) is 10.0 Å². The third-order valence-corrected chi connectivity index (χ3v) is 4.87. The summed E-state index contributed by atoms with van der Waals surface area (Å²) in [7, 11) is 0. The SMILES string of the molecule is CCCOc1ccc(C(=O)Nc2cccc(-c3nc4cc(Cl)cc(Cl)c4o3)c2)cc1. The molecule has 152 valence electrons. The van der Waals surface area contributed by atoms with Gasteiger partial charge in [-0.05, 0) is 61.0 Å². The van der Waals surface area contributed by atoms with Gasteiger partial charge >= 0.3 is 0 Å². The van der Waals surface area contributed by atoms with Gasteiger partial charge in [0.2, 0.25) is 5.89 Å². The molecule has 0 radical (unpaired) electrons. The number of nitrogens with one attached hydrogen (secondary N) is 1. The molecule has 0 aliphatic carbocycles. The Morgan fingerprint density at radius 1 is 1.10 bits per heavy atom. The van der Waals surface area contributed by atoms with Crippen molar-refractivity contribution in [3.63, 3.8) is 0 Å². The minimum absolute atomic E-state index is 0.221. The van der Waals surface area contributed by atoms with Crippen molar-refractivity contribution in [2.24, 2.45) is 0 Å². The van der Waals surface area contributed by atoms with Gasteiger partial charge in [-0.3, -0.25) is 4.79 Å². The number of carbonyl (C=O) groups excluding carboxylic acids is 1. The number of anilines is 1. The summed E-state index contributed by atoms with van der Waals surface area (Å²) < 4.78 is 11.3. The Balaban J connectivity index is 1.53. The molecule has 0 aliphatic rings. The van der Waals surface area contributed by atoms with E-state index in [4.69, 9.17) is 32.4 Å². The normalized spacial score (nSPS) is 10.9. The highest BCUT2D eigenvalue weighted by molar-refractivity contribution is 6.38. The highest BCUT2D eigenvalue weighted by Gasteiger charge is 2.13. The Morgan fingerprint density at radius 2 is 1.90 bits per heavy atom. The lowest BCUT2D eigenvalue weighted by Crippen LogP contribution is -2.11. The maximum atomic E-state index is 12.6. The van der Waals surface area contributed by atoms with Crippen molar-refractivity contribution < 1.29 is 13.9 Å². The summed E-state index contributed by atoms with van der Waals surface area (Å²) in [6.45, 7) is 2.69. The largest absolute Gasteiger partial charge is 0.494 e. The van der Waals surface area contributed by atoms with E-state index in [-0.39, 0.29) is 5.91 Å². The Morgan fingerprint density at radius 3 is 2.67 bits per heavy atom. The van der Waals surface area contributed by atoms with E-state index < -0.39 is 0 Å². The van der Waals surface area contributed by atoms with Gasteiger partial charge in [-0.25, -0.2) is 4.98 Å². The predicted molar refractivity (Wildman–Crippen MR) is 120 cm³/mol. The number of rotatable bonds is 6. The van der Waals surface area contributed by atoms with Gasteiger partial charge in [0.05, 0.1) is 11.6 Å². The Hall–Kier alpha value is -3.02. The van der Waals surface area contributed by atoms with Crippen molar-refractivity contribution in [3.8, 4) is 17.2 Å². The van der Waals surface area contributed by atoms with Crippen LogP contribution < -0.4 is 10.1 Å². The van der Waals surface area contributed by atoms with Gasteiger partial charge in [-0.1, -0.05) is 36.2 Å². The van der Waals surface area contributed by atoms with E-state index in [1.165, 1.54) is 0 Å². The van der Waals surface area contributed by atoms with Gasteiger partial charge in [0, 0.05) is 21.8 Å². The first-order chi connectivity index (χ1) is 14.5. The molecule has 0 saturated carbocycles. The lowest BCUT2D eigenvalue weighted by Gasteiger charge is -2.08. The molecular formula is C23H18Cl2N2O3. The number of ether oxygens (including phenoxy) is 1. The Labute approximate surface area is 183 Å². The average molecular weight is 441 g/mol. The number of halogens is 2. The Kier molecular flexibility index (Phi) is 5.93. The van der Waals surface area contributed by atoms with E-state index in [1.807, 2.05) is 19.1 Å². The molecular weight excluding hydrogens is 423 g/mol. The summed E-state index contributed by atoms with van der Waals surface area (Å²) in [5.74, 6) is 0.911. The first kappa shape index (κ1) is 20.3. The van der Waals surface area contributed by atoms with Crippen LogP contribution in [0.5, 0.6) is 5.75 Å². The van der Waals surface area contributed by atoms with E-state index in [0.717, 1.165) is 12.2 Å². The average Bonchev–Trinajstić information content (AvgIpc) is 3.17. The van der Waals surface area contributed by atoms with Crippen LogP contribution in [0.4, 0.5) is 5.69 Å². The van der Waals surface area contributed by atoms with Gasteiger partial charge < -0.3 is 14.5 Å². The molecule has 0 atom stereocenters. The van der Waals surface area contributed by atoms with Gasteiger partial charge in [0.1, 0.15) is 11.3 Å². The number of hydrogen-bond acceptors (Lipinski definition) is 4. The Bertz CT molecular complexity index is 1200. The molecule has 0 bridgehead atoms. The highest BCUT2D eigenvalue weighted by atomic mass is 35.5. The topological polar surface area (TPSA) is 64.4 Å². The second-order valence-electron chi connectivity index (χ2n) is 6.66. The fourth-order valence-electron chi connectivity index (χ4n) is 2.94. The van der Waals surface area contributed by atoms with E-state index in [2.05, 4.69) is 10.3 Å². The summed E-state index contributed by atoms with van der Waals surface area (Å²) >= 11 is 12.2. The standard InChI is InChI=1S/C23H18Cl2N2O3/c1-2-10-29-18-8-6-14(7-9-18)22(28)26-17-5-3-4-15(11-17)23-27-20-13-16(24)12-19(25)21(20)30-23/h3-9,11-13H,2,10H2,1H3,(H,26,28). The predicted octanol–water partition coefficient (Wildman–Crippen LogP) is 6.84. The first-order valence-corrected chi connectivity index (χ1v) is 10.2. The van der Waals surface area contributed by atoms with Gasteiger partial charge in [0.25, 0.3) is 5.91 Å². The molecule has 1 N–H and O–H groups in total. The van der Waals surface area contributed by atoms with Crippen LogP contribution in [0.1, 0.15) is 23.7 Å². The quantitative estimate of drug-likeness (QED) is 0.356. The molecule has 30 heavy (non-hydrogen) atoms. The monoisotopic (exact) mass is 440 g/mol. The molecule has 0 unspecified atom stereocenters. The summed E-state index contributed by atoms with van der Waals surface area (Å²) in [6, 6.07) is 17.6. The molecule has 0 spiro atoms. The van der Waals surface area contributed by atoms with Crippen LogP contribution in [0, 0.1) is 0 Å². The zero-order valence-electron chi connectivity index (χ0n) is 16.1. The summed E-state index contributed by atoms with van der Waals surface area (Å²) in [5, 5.41) is 3.77. The fraction of sp³-hybridized carbons (Fsp3) is 0.130. The summed E-state index contributed by atoms with van der Waals surface area (Å²) in [5.41, 5.74) is 2.90. The number of amides is 1. The zero-order chi connectivity index (χ0) is 21.1. The van der Waals surface area contributed by atoms with Crippen LogP contribution >= 0.6 is 23.2 Å². The number of aromatic nitrogens is 1. The lowest BCUT2D eigenvalue weighted by atomic mass is 10.1. The molecule has 7 heteroatoms. The minimum Gasteiger partial charge on any atom is -0.494 e. The van der Waals surface area contributed by atoms with E-state index in [1.54, 1.807) is 48.5 Å². The molecule has 4 aromatic rings. The second kappa shape index (κ2) is 8.78. The fourth-order valence-corrected chi connectivity index (χ4v) is 3.46.